The molecule has 3 rings (SSSR count). The summed E-state index contributed by atoms with van der Waals surface area (Å²) in [5, 5.41) is 0. The van der Waals surface area contributed by atoms with Crippen molar-refractivity contribution in [2.45, 2.75) is 38.8 Å². The molecule has 2 amide bonds. The van der Waals surface area contributed by atoms with Crippen molar-refractivity contribution >= 4 is 23.5 Å². The van der Waals surface area contributed by atoms with E-state index in [4.69, 9.17) is 15.2 Å². The number of piperidine rings is 1. The first kappa shape index (κ1) is 21.4. The van der Waals surface area contributed by atoms with Crippen LogP contribution in [-0.2, 0) is 19.1 Å². The first-order valence-electron chi connectivity index (χ1n) is 9.85. The van der Waals surface area contributed by atoms with Crippen molar-refractivity contribution in [2.75, 3.05) is 12.0 Å². The van der Waals surface area contributed by atoms with Gasteiger partial charge < -0.3 is 20.1 Å². The average molecular weight is 410 g/mol. The molecule has 0 spiro atoms. The predicted octanol–water partition coefficient (Wildman–Crippen LogP) is 2.90. The third kappa shape index (κ3) is 4.30. The van der Waals surface area contributed by atoms with E-state index < -0.39 is 29.9 Å². The van der Waals surface area contributed by atoms with Gasteiger partial charge in [-0.25, -0.2) is 0 Å². The minimum Gasteiger partial charge on any atom is -0.496 e. The lowest BCUT2D eigenvalue weighted by molar-refractivity contribution is -0.159. The molecule has 1 fully saturated rings. The Kier molecular flexibility index (Phi) is 6.40. The highest BCUT2D eigenvalue weighted by Gasteiger charge is 2.44. The molecule has 1 aliphatic rings. The molecule has 0 aromatic heterocycles. The summed E-state index contributed by atoms with van der Waals surface area (Å²) in [6.45, 7) is 3.40. The maximum absolute atomic E-state index is 13.0. The van der Waals surface area contributed by atoms with Crippen molar-refractivity contribution in [3.8, 4) is 5.75 Å². The SMILES string of the molecule is COc1ccccc1[C@H]1[C@H](C(=O)O[C@@H](C)C(N)=O)CCC(=O)N1c1ccc(C)cc1. The number of hydrogen-bond acceptors (Lipinski definition) is 5. The van der Waals surface area contributed by atoms with E-state index in [9.17, 15) is 14.4 Å². The number of carbonyl (C=O) groups excluding carboxylic acids is 3. The molecule has 1 heterocycles. The van der Waals surface area contributed by atoms with Gasteiger partial charge >= 0.3 is 5.97 Å². The molecular weight excluding hydrogens is 384 g/mol. The molecule has 0 unspecified atom stereocenters. The van der Waals surface area contributed by atoms with Gasteiger partial charge in [-0.15, -0.1) is 0 Å². The van der Waals surface area contributed by atoms with Crippen molar-refractivity contribution < 1.29 is 23.9 Å². The highest BCUT2D eigenvalue weighted by Crippen LogP contribution is 2.43. The number of hydrogen-bond donors (Lipinski definition) is 1. The molecule has 1 saturated heterocycles. The zero-order valence-electron chi connectivity index (χ0n) is 17.3. The largest absolute Gasteiger partial charge is 0.496 e. The number of ether oxygens (including phenoxy) is 2. The molecule has 0 aliphatic carbocycles. The van der Waals surface area contributed by atoms with Gasteiger partial charge in [-0.1, -0.05) is 35.9 Å². The molecule has 0 saturated carbocycles. The standard InChI is InChI=1S/C23H26N2O5/c1-14-8-10-16(11-9-14)25-20(26)13-12-18(23(28)30-15(2)22(24)27)21(25)17-6-4-5-7-19(17)29-3/h4-11,15,18,21H,12-13H2,1-3H3,(H2,24,27)/t15-,18+,21-/m0/s1. The summed E-state index contributed by atoms with van der Waals surface area (Å²) in [7, 11) is 1.54. The van der Waals surface area contributed by atoms with Gasteiger partial charge in [0.15, 0.2) is 6.10 Å². The minimum atomic E-state index is -1.05. The van der Waals surface area contributed by atoms with E-state index >= 15 is 0 Å². The fourth-order valence-corrected chi connectivity index (χ4v) is 3.74. The second kappa shape index (κ2) is 8.98. The number of methoxy groups -OCH3 is 1. The van der Waals surface area contributed by atoms with Crippen LogP contribution >= 0.6 is 0 Å². The number of rotatable bonds is 6. The molecule has 2 aromatic carbocycles. The number of nitrogens with two attached hydrogens (primary N) is 1. The van der Waals surface area contributed by atoms with E-state index in [1.165, 1.54) is 6.92 Å². The van der Waals surface area contributed by atoms with Crippen LogP contribution in [0.3, 0.4) is 0 Å². The van der Waals surface area contributed by atoms with Crippen LogP contribution in [0, 0.1) is 12.8 Å². The Morgan fingerprint density at radius 2 is 1.80 bits per heavy atom. The highest BCUT2D eigenvalue weighted by molar-refractivity contribution is 5.97. The Bertz CT molecular complexity index is 941. The number of primary amides is 1. The van der Waals surface area contributed by atoms with E-state index in [2.05, 4.69) is 0 Å². The molecule has 0 bridgehead atoms. The normalized spacial score (nSPS) is 19.8. The molecule has 2 aromatic rings. The van der Waals surface area contributed by atoms with Gasteiger partial charge in [0.25, 0.3) is 5.91 Å². The second-order valence-electron chi connectivity index (χ2n) is 7.41. The molecule has 158 valence electrons. The monoisotopic (exact) mass is 410 g/mol. The first-order valence-corrected chi connectivity index (χ1v) is 9.85. The zero-order valence-corrected chi connectivity index (χ0v) is 17.3. The first-order chi connectivity index (χ1) is 14.3. The number of amides is 2. The Hall–Kier alpha value is -3.35. The minimum absolute atomic E-state index is 0.0956. The van der Waals surface area contributed by atoms with Crippen molar-refractivity contribution in [3.05, 3.63) is 59.7 Å². The Morgan fingerprint density at radius 1 is 1.13 bits per heavy atom. The fraction of sp³-hybridized carbons (Fsp3) is 0.348. The van der Waals surface area contributed by atoms with Crippen LogP contribution < -0.4 is 15.4 Å². The lowest BCUT2D eigenvalue weighted by atomic mass is 9.83. The van der Waals surface area contributed by atoms with E-state index in [0.29, 0.717) is 23.4 Å². The molecule has 0 radical (unpaired) electrons. The number of para-hydroxylation sites is 1. The maximum atomic E-state index is 13.0. The van der Waals surface area contributed by atoms with Crippen LogP contribution in [-0.4, -0.2) is 31.0 Å². The zero-order chi connectivity index (χ0) is 21.8. The molecule has 7 heteroatoms. The quantitative estimate of drug-likeness (QED) is 0.738. The van der Waals surface area contributed by atoms with Gasteiger partial charge in [0.1, 0.15) is 5.75 Å². The molecular formula is C23H26N2O5. The van der Waals surface area contributed by atoms with Gasteiger partial charge in [0.05, 0.1) is 19.1 Å². The van der Waals surface area contributed by atoms with E-state index in [1.807, 2.05) is 49.4 Å². The molecule has 1 aliphatic heterocycles. The summed E-state index contributed by atoms with van der Waals surface area (Å²) in [5.74, 6) is -1.50. The highest BCUT2D eigenvalue weighted by atomic mass is 16.5. The van der Waals surface area contributed by atoms with Gasteiger partial charge in [-0.2, -0.15) is 0 Å². The molecule has 3 atom stereocenters. The maximum Gasteiger partial charge on any atom is 0.312 e. The summed E-state index contributed by atoms with van der Waals surface area (Å²) in [5.41, 5.74) is 7.70. The molecule has 2 N–H and O–H groups in total. The summed E-state index contributed by atoms with van der Waals surface area (Å²) >= 11 is 0. The molecule has 7 nitrogen and oxygen atoms in total. The summed E-state index contributed by atoms with van der Waals surface area (Å²) in [4.78, 5) is 39.1. The number of esters is 1. The van der Waals surface area contributed by atoms with Gasteiger partial charge in [-0.05, 0) is 38.5 Å². The molecule has 30 heavy (non-hydrogen) atoms. The third-order valence-electron chi connectivity index (χ3n) is 5.36. The van der Waals surface area contributed by atoms with Crippen LogP contribution in [0.1, 0.15) is 36.9 Å². The number of carbonyl (C=O) groups is 3. The van der Waals surface area contributed by atoms with Crippen LogP contribution in [0.15, 0.2) is 48.5 Å². The second-order valence-corrected chi connectivity index (χ2v) is 7.41. The predicted molar refractivity (Wildman–Crippen MR) is 112 cm³/mol. The van der Waals surface area contributed by atoms with Crippen molar-refractivity contribution in [1.82, 2.24) is 0 Å². The van der Waals surface area contributed by atoms with Crippen molar-refractivity contribution in [3.63, 3.8) is 0 Å². The number of nitrogens with zero attached hydrogens (tertiary/aromatic N) is 1. The lowest BCUT2D eigenvalue weighted by Gasteiger charge is -2.41. The van der Waals surface area contributed by atoms with Crippen LogP contribution in [0.2, 0.25) is 0 Å². The summed E-state index contributed by atoms with van der Waals surface area (Å²) < 4.78 is 10.8. The van der Waals surface area contributed by atoms with E-state index in [0.717, 1.165) is 5.56 Å². The third-order valence-corrected chi connectivity index (χ3v) is 5.36. The van der Waals surface area contributed by atoms with Crippen LogP contribution in [0.4, 0.5) is 5.69 Å². The van der Waals surface area contributed by atoms with Crippen LogP contribution in [0.25, 0.3) is 0 Å². The van der Waals surface area contributed by atoms with Gasteiger partial charge in [0.2, 0.25) is 5.91 Å². The Morgan fingerprint density at radius 3 is 2.43 bits per heavy atom. The van der Waals surface area contributed by atoms with Gasteiger partial charge in [-0.3, -0.25) is 14.4 Å². The average Bonchev–Trinajstić information content (AvgIpc) is 2.74. The van der Waals surface area contributed by atoms with Crippen molar-refractivity contribution in [2.24, 2.45) is 11.7 Å². The summed E-state index contributed by atoms with van der Waals surface area (Å²) in [6, 6.07) is 14.2. The Balaban J connectivity index is 2.09. The number of aryl methyl sites for hydroxylation is 1. The number of benzene rings is 2. The van der Waals surface area contributed by atoms with Crippen LogP contribution in [0.5, 0.6) is 5.75 Å². The van der Waals surface area contributed by atoms with E-state index in [-0.39, 0.29) is 12.3 Å². The lowest BCUT2D eigenvalue weighted by Crippen LogP contribution is -2.47. The fourth-order valence-electron chi connectivity index (χ4n) is 3.74. The topological polar surface area (TPSA) is 98.9 Å². The Labute approximate surface area is 175 Å². The number of anilines is 1. The van der Waals surface area contributed by atoms with Gasteiger partial charge in [0, 0.05) is 17.7 Å². The van der Waals surface area contributed by atoms with E-state index in [1.54, 1.807) is 18.1 Å². The van der Waals surface area contributed by atoms with Crippen molar-refractivity contribution in [1.29, 1.82) is 0 Å². The smallest absolute Gasteiger partial charge is 0.312 e. The summed E-state index contributed by atoms with van der Waals surface area (Å²) in [6.07, 6.45) is -0.570.